The smallest absolute Gasteiger partial charge is 0.287 e. The molecule has 164 valence electrons. The van der Waals surface area contributed by atoms with Crippen LogP contribution in [-0.4, -0.2) is 56.8 Å². The van der Waals surface area contributed by atoms with Crippen LogP contribution in [0, 0.1) is 5.92 Å². The van der Waals surface area contributed by atoms with E-state index >= 15 is 0 Å². The summed E-state index contributed by atoms with van der Waals surface area (Å²) in [5, 5.41) is 8.31. The Hall–Kier alpha value is -2.39. The summed E-state index contributed by atoms with van der Waals surface area (Å²) in [6.45, 7) is 1.56. The summed E-state index contributed by atoms with van der Waals surface area (Å²) in [6, 6.07) is 3.45. The SMILES string of the molecule is COc1nc(N2CCC(CCP(O)O)CC2)cc2cnn(C(=O)c3ccsc3)c(=O)c12. The number of fused-ring (bicyclic) bond motifs is 1. The number of carbonyl (C=O) groups excluding carboxylic acids is 1. The lowest BCUT2D eigenvalue weighted by atomic mass is 9.94. The van der Waals surface area contributed by atoms with E-state index in [0.29, 0.717) is 28.8 Å². The zero-order chi connectivity index (χ0) is 22.0. The number of thiophene rings is 1. The van der Waals surface area contributed by atoms with Crippen molar-refractivity contribution in [1.82, 2.24) is 14.8 Å². The molecule has 0 radical (unpaired) electrons. The molecule has 3 aromatic heterocycles. The molecule has 31 heavy (non-hydrogen) atoms. The Bertz CT molecular complexity index is 1130. The summed E-state index contributed by atoms with van der Waals surface area (Å²) in [7, 11) is -0.385. The Labute approximate surface area is 183 Å². The maximum atomic E-state index is 13.0. The number of piperidine rings is 1. The second kappa shape index (κ2) is 9.40. The van der Waals surface area contributed by atoms with Crippen LogP contribution in [0.25, 0.3) is 10.8 Å². The number of aromatic nitrogens is 3. The number of pyridine rings is 1. The van der Waals surface area contributed by atoms with Gasteiger partial charge in [-0.2, -0.15) is 26.1 Å². The molecule has 0 bridgehead atoms. The molecule has 0 amide bonds. The van der Waals surface area contributed by atoms with E-state index in [0.717, 1.165) is 37.0 Å². The van der Waals surface area contributed by atoms with Crippen LogP contribution < -0.4 is 15.2 Å². The fraction of sp³-hybridized carbons (Fsp3) is 0.400. The molecule has 1 fully saturated rings. The monoisotopic (exact) mass is 462 g/mol. The van der Waals surface area contributed by atoms with Gasteiger partial charge in [-0.1, -0.05) is 0 Å². The first-order chi connectivity index (χ1) is 15.0. The predicted molar refractivity (Wildman–Crippen MR) is 120 cm³/mol. The first kappa shape index (κ1) is 21.8. The van der Waals surface area contributed by atoms with Crippen molar-refractivity contribution in [2.45, 2.75) is 19.3 Å². The van der Waals surface area contributed by atoms with Gasteiger partial charge in [0.2, 0.25) is 5.88 Å². The summed E-state index contributed by atoms with van der Waals surface area (Å²) in [5.74, 6) is 0.827. The van der Waals surface area contributed by atoms with E-state index in [1.807, 2.05) is 0 Å². The first-order valence-corrected chi connectivity index (χ1v) is 12.3. The highest BCUT2D eigenvalue weighted by atomic mass is 32.1. The Morgan fingerprint density at radius 1 is 1.35 bits per heavy atom. The lowest BCUT2D eigenvalue weighted by molar-refractivity contribution is 0.0940. The third kappa shape index (κ3) is 4.62. The zero-order valence-electron chi connectivity index (χ0n) is 17.0. The Balaban J connectivity index is 1.61. The largest absolute Gasteiger partial charge is 0.480 e. The maximum absolute atomic E-state index is 13.0. The lowest BCUT2D eigenvalue weighted by Crippen LogP contribution is -2.35. The molecule has 4 heterocycles. The number of rotatable bonds is 6. The van der Waals surface area contributed by atoms with E-state index in [4.69, 9.17) is 14.5 Å². The topological polar surface area (TPSA) is 118 Å². The Kier molecular flexibility index (Phi) is 6.62. The predicted octanol–water partition coefficient (Wildman–Crippen LogP) is 2.45. The standard InChI is InChI=1S/C20H23N4O5PS/c1-29-18-17-15(11-21-24(20(17)26)19(25)14-5-9-31-12-14)10-16(22-18)23-6-2-13(3-7-23)4-8-30(27)28/h5,9-13,27-28H,2-4,6-8H2,1H3. The van der Waals surface area contributed by atoms with Crippen molar-refractivity contribution in [2.24, 2.45) is 5.92 Å². The molecule has 0 atom stereocenters. The molecule has 0 unspecified atom stereocenters. The number of nitrogens with zero attached hydrogens (tertiary/aromatic N) is 4. The molecule has 0 aromatic carbocycles. The average molecular weight is 462 g/mol. The van der Waals surface area contributed by atoms with Crippen LogP contribution in [0.2, 0.25) is 0 Å². The molecule has 9 nitrogen and oxygen atoms in total. The van der Waals surface area contributed by atoms with Gasteiger partial charge >= 0.3 is 0 Å². The van der Waals surface area contributed by atoms with Crippen molar-refractivity contribution in [3.8, 4) is 5.88 Å². The van der Waals surface area contributed by atoms with Gasteiger partial charge in [0.05, 0.1) is 18.9 Å². The normalized spacial score (nSPS) is 15.0. The molecule has 1 aliphatic rings. The summed E-state index contributed by atoms with van der Waals surface area (Å²) < 4.78 is 6.25. The fourth-order valence-electron chi connectivity index (χ4n) is 3.83. The van der Waals surface area contributed by atoms with Gasteiger partial charge in [0.25, 0.3) is 11.5 Å². The van der Waals surface area contributed by atoms with Crippen LogP contribution >= 0.6 is 19.7 Å². The van der Waals surface area contributed by atoms with Gasteiger partial charge in [-0.25, -0.2) is 0 Å². The maximum Gasteiger partial charge on any atom is 0.287 e. The Morgan fingerprint density at radius 3 is 2.77 bits per heavy atom. The highest BCUT2D eigenvalue weighted by Gasteiger charge is 2.23. The third-order valence-electron chi connectivity index (χ3n) is 5.55. The quantitative estimate of drug-likeness (QED) is 0.537. The molecule has 2 N–H and O–H groups in total. The van der Waals surface area contributed by atoms with E-state index in [2.05, 4.69) is 15.0 Å². The highest BCUT2D eigenvalue weighted by Crippen LogP contribution is 2.32. The Morgan fingerprint density at radius 2 is 2.13 bits per heavy atom. The minimum atomic E-state index is -1.83. The average Bonchev–Trinajstić information content (AvgIpc) is 3.32. The van der Waals surface area contributed by atoms with Crippen LogP contribution in [-0.2, 0) is 0 Å². The second-order valence-corrected chi connectivity index (χ2v) is 9.42. The van der Waals surface area contributed by atoms with Crippen molar-refractivity contribution < 1.29 is 19.3 Å². The third-order valence-corrected chi connectivity index (χ3v) is 6.89. The van der Waals surface area contributed by atoms with E-state index in [9.17, 15) is 9.59 Å². The molecule has 0 spiro atoms. The van der Waals surface area contributed by atoms with Crippen molar-refractivity contribution in [3.05, 3.63) is 45.0 Å². The summed E-state index contributed by atoms with van der Waals surface area (Å²) in [6.07, 6.45) is 4.61. The molecule has 0 aliphatic carbocycles. The first-order valence-electron chi connectivity index (χ1n) is 9.92. The highest BCUT2D eigenvalue weighted by molar-refractivity contribution is 7.45. The lowest BCUT2D eigenvalue weighted by Gasteiger charge is -2.33. The van der Waals surface area contributed by atoms with Gasteiger partial charge < -0.3 is 19.4 Å². The summed E-state index contributed by atoms with van der Waals surface area (Å²) in [4.78, 5) is 50.6. The molecule has 1 aliphatic heterocycles. The number of methoxy groups -OCH3 is 1. The van der Waals surface area contributed by atoms with E-state index in [1.165, 1.54) is 24.6 Å². The summed E-state index contributed by atoms with van der Waals surface area (Å²) in [5.41, 5.74) is -0.159. The molecule has 4 rings (SSSR count). The van der Waals surface area contributed by atoms with Crippen LogP contribution in [0.1, 0.15) is 29.6 Å². The second-order valence-electron chi connectivity index (χ2n) is 7.45. The minimum Gasteiger partial charge on any atom is -0.480 e. The number of anilines is 1. The number of hydrogen-bond acceptors (Lipinski definition) is 9. The number of carbonyl (C=O) groups is 1. The molecule has 11 heteroatoms. The van der Waals surface area contributed by atoms with Crippen molar-refractivity contribution in [1.29, 1.82) is 0 Å². The van der Waals surface area contributed by atoms with E-state index < -0.39 is 19.8 Å². The van der Waals surface area contributed by atoms with Gasteiger partial charge in [0, 0.05) is 30.0 Å². The van der Waals surface area contributed by atoms with Gasteiger partial charge in [-0.15, -0.1) is 0 Å². The van der Waals surface area contributed by atoms with Crippen LogP contribution in [0.4, 0.5) is 5.82 Å². The van der Waals surface area contributed by atoms with E-state index in [1.54, 1.807) is 22.9 Å². The fourth-order valence-corrected chi connectivity index (χ4v) is 5.06. The zero-order valence-corrected chi connectivity index (χ0v) is 18.7. The molecule has 1 saturated heterocycles. The molecular formula is C20H23N4O5PS. The van der Waals surface area contributed by atoms with E-state index in [-0.39, 0.29) is 11.3 Å². The van der Waals surface area contributed by atoms with Crippen LogP contribution in [0.15, 0.2) is 33.9 Å². The van der Waals surface area contributed by atoms with Crippen molar-refractivity contribution in [2.75, 3.05) is 31.3 Å². The molecule has 0 saturated carbocycles. The summed E-state index contributed by atoms with van der Waals surface area (Å²) >= 11 is 1.37. The molecular weight excluding hydrogens is 439 g/mol. The van der Waals surface area contributed by atoms with Crippen molar-refractivity contribution >= 4 is 42.2 Å². The van der Waals surface area contributed by atoms with Gasteiger partial charge in [0.1, 0.15) is 11.2 Å². The van der Waals surface area contributed by atoms with Gasteiger partial charge in [-0.05, 0) is 42.7 Å². The van der Waals surface area contributed by atoms with Crippen LogP contribution in [0.5, 0.6) is 5.88 Å². The van der Waals surface area contributed by atoms with Crippen molar-refractivity contribution in [3.63, 3.8) is 0 Å². The minimum absolute atomic E-state index is 0.167. The molecule has 3 aromatic rings. The van der Waals surface area contributed by atoms with Gasteiger partial charge in [-0.3, -0.25) is 9.59 Å². The van der Waals surface area contributed by atoms with Gasteiger partial charge in [0.15, 0.2) is 8.38 Å². The number of hydrogen-bond donors (Lipinski definition) is 2. The number of ether oxygens (including phenoxy) is 1. The van der Waals surface area contributed by atoms with Crippen LogP contribution in [0.3, 0.4) is 0 Å².